The first-order valence-electron chi connectivity index (χ1n) is 9.83. The third-order valence-corrected chi connectivity index (χ3v) is 5.32. The summed E-state index contributed by atoms with van der Waals surface area (Å²) in [6, 6.07) is 18.0. The Morgan fingerprint density at radius 3 is 2.48 bits per heavy atom. The Bertz CT molecular complexity index is 1310. The molecular formula is C24H17N3O5S. The number of non-ortho nitro benzene ring substituents is 1. The Morgan fingerprint density at radius 1 is 1.03 bits per heavy atom. The zero-order chi connectivity index (χ0) is 23.5. The van der Waals surface area contributed by atoms with E-state index in [2.05, 4.69) is 6.58 Å². The first-order valence-corrected chi connectivity index (χ1v) is 10.2. The van der Waals surface area contributed by atoms with Crippen LogP contribution in [0.15, 0.2) is 89.4 Å². The van der Waals surface area contributed by atoms with E-state index in [1.54, 1.807) is 48.5 Å². The van der Waals surface area contributed by atoms with Crippen molar-refractivity contribution in [3.63, 3.8) is 0 Å². The predicted octanol–water partition coefficient (Wildman–Crippen LogP) is 4.58. The fraction of sp³-hybridized carbons (Fsp3) is 0.0417. The number of thiocarbonyl (C=S) groups is 1. The molecule has 1 aliphatic heterocycles. The molecule has 2 aromatic carbocycles. The standard InChI is InChI=1S/C24H17N3O5S/c1-2-13-25-22(28)20(23(29)26(24(25)33)17-8-4-3-5-9-17)15-19-11-12-21(32-19)16-7-6-10-18(14-16)27(30)31/h2-12,14-15H,1,13H2/b20-15+. The van der Waals surface area contributed by atoms with Gasteiger partial charge in [-0.3, -0.25) is 29.5 Å². The number of furan rings is 1. The quantitative estimate of drug-likeness (QED) is 0.134. The van der Waals surface area contributed by atoms with E-state index >= 15 is 0 Å². The summed E-state index contributed by atoms with van der Waals surface area (Å²) in [7, 11) is 0. The molecule has 164 valence electrons. The highest BCUT2D eigenvalue weighted by Gasteiger charge is 2.40. The van der Waals surface area contributed by atoms with Crippen molar-refractivity contribution in [2.45, 2.75) is 0 Å². The molecule has 0 atom stereocenters. The molecule has 0 radical (unpaired) electrons. The second-order valence-electron chi connectivity index (χ2n) is 7.03. The number of amides is 2. The lowest BCUT2D eigenvalue weighted by Gasteiger charge is -2.36. The van der Waals surface area contributed by atoms with Crippen LogP contribution in [0.1, 0.15) is 5.76 Å². The van der Waals surface area contributed by atoms with Gasteiger partial charge in [0.15, 0.2) is 5.11 Å². The van der Waals surface area contributed by atoms with Crippen molar-refractivity contribution in [2.75, 3.05) is 11.4 Å². The molecule has 8 nitrogen and oxygen atoms in total. The molecule has 1 fully saturated rings. The lowest BCUT2D eigenvalue weighted by atomic mass is 10.1. The van der Waals surface area contributed by atoms with Crippen LogP contribution in [0, 0.1) is 10.1 Å². The van der Waals surface area contributed by atoms with Crippen molar-refractivity contribution >= 4 is 46.6 Å². The number of anilines is 1. The normalized spacial score (nSPS) is 15.3. The molecule has 0 bridgehead atoms. The van der Waals surface area contributed by atoms with Crippen LogP contribution in [0.25, 0.3) is 17.4 Å². The molecule has 0 saturated carbocycles. The van der Waals surface area contributed by atoms with Crippen molar-refractivity contribution < 1.29 is 18.9 Å². The van der Waals surface area contributed by atoms with E-state index in [9.17, 15) is 19.7 Å². The number of benzene rings is 2. The second-order valence-corrected chi connectivity index (χ2v) is 7.40. The number of para-hydroxylation sites is 1. The van der Waals surface area contributed by atoms with Crippen molar-refractivity contribution in [3.05, 3.63) is 101 Å². The molecule has 9 heteroatoms. The number of rotatable bonds is 6. The molecule has 33 heavy (non-hydrogen) atoms. The molecule has 0 unspecified atom stereocenters. The fourth-order valence-electron chi connectivity index (χ4n) is 3.37. The zero-order valence-corrected chi connectivity index (χ0v) is 18.0. The molecule has 0 N–H and O–H groups in total. The van der Waals surface area contributed by atoms with Gasteiger partial charge >= 0.3 is 0 Å². The van der Waals surface area contributed by atoms with Crippen LogP contribution < -0.4 is 4.90 Å². The number of nitrogens with zero attached hydrogens (tertiary/aromatic N) is 3. The Hall–Kier alpha value is -4.37. The van der Waals surface area contributed by atoms with Crippen LogP contribution in [-0.2, 0) is 9.59 Å². The number of carbonyl (C=O) groups excluding carboxylic acids is 2. The van der Waals surface area contributed by atoms with E-state index in [-0.39, 0.29) is 28.7 Å². The molecule has 2 amide bonds. The van der Waals surface area contributed by atoms with E-state index in [4.69, 9.17) is 16.6 Å². The van der Waals surface area contributed by atoms with Crippen LogP contribution >= 0.6 is 12.2 Å². The van der Waals surface area contributed by atoms with Gasteiger partial charge in [0.1, 0.15) is 17.1 Å². The molecule has 2 heterocycles. The highest BCUT2D eigenvalue weighted by atomic mass is 32.1. The Balaban J connectivity index is 1.73. The van der Waals surface area contributed by atoms with Gasteiger partial charge in [-0.25, -0.2) is 0 Å². The summed E-state index contributed by atoms with van der Waals surface area (Å²) in [6.45, 7) is 3.79. The Kier molecular flexibility index (Phi) is 5.97. The maximum Gasteiger partial charge on any atom is 0.270 e. The van der Waals surface area contributed by atoms with Crippen LogP contribution in [0.5, 0.6) is 0 Å². The summed E-state index contributed by atoms with van der Waals surface area (Å²) in [4.78, 5) is 39.5. The van der Waals surface area contributed by atoms with Crippen LogP contribution in [0.2, 0.25) is 0 Å². The fourth-order valence-corrected chi connectivity index (χ4v) is 3.72. The van der Waals surface area contributed by atoms with Gasteiger partial charge in [-0.2, -0.15) is 0 Å². The smallest absolute Gasteiger partial charge is 0.270 e. The van der Waals surface area contributed by atoms with E-state index in [0.29, 0.717) is 17.0 Å². The molecule has 1 saturated heterocycles. The van der Waals surface area contributed by atoms with Crippen molar-refractivity contribution in [2.24, 2.45) is 0 Å². The summed E-state index contributed by atoms with van der Waals surface area (Å²) in [5.41, 5.74) is 0.815. The maximum atomic E-state index is 13.3. The van der Waals surface area contributed by atoms with Crippen molar-refractivity contribution in [1.29, 1.82) is 0 Å². The van der Waals surface area contributed by atoms with Crippen molar-refractivity contribution in [3.8, 4) is 11.3 Å². The molecule has 1 aromatic heterocycles. The summed E-state index contributed by atoms with van der Waals surface area (Å²) < 4.78 is 5.77. The minimum Gasteiger partial charge on any atom is -0.457 e. The molecule has 0 spiro atoms. The molecule has 0 aliphatic carbocycles. The minimum atomic E-state index is -0.579. The van der Waals surface area contributed by atoms with Gasteiger partial charge in [-0.05, 0) is 42.6 Å². The topological polar surface area (TPSA) is 96.9 Å². The first kappa shape index (κ1) is 21.8. The third-order valence-electron chi connectivity index (χ3n) is 4.91. The molecule has 1 aliphatic rings. The number of hydrogen-bond acceptors (Lipinski definition) is 6. The first-order chi connectivity index (χ1) is 15.9. The maximum absolute atomic E-state index is 13.3. The summed E-state index contributed by atoms with van der Waals surface area (Å²) in [5, 5.41) is 11.1. The number of nitro benzene ring substituents is 1. The van der Waals surface area contributed by atoms with Gasteiger partial charge in [0.2, 0.25) is 0 Å². The van der Waals surface area contributed by atoms with Crippen LogP contribution in [-0.4, -0.2) is 33.3 Å². The van der Waals surface area contributed by atoms with Gasteiger partial charge in [-0.1, -0.05) is 36.4 Å². The van der Waals surface area contributed by atoms with E-state index in [1.165, 1.54) is 34.1 Å². The monoisotopic (exact) mass is 459 g/mol. The predicted molar refractivity (Wildman–Crippen MR) is 127 cm³/mol. The Morgan fingerprint density at radius 2 is 1.79 bits per heavy atom. The average molecular weight is 459 g/mol. The van der Waals surface area contributed by atoms with Crippen molar-refractivity contribution in [1.82, 2.24) is 4.90 Å². The molecule has 4 rings (SSSR count). The lowest BCUT2D eigenvalue weighted by molar-refractivity contribution is -0.384. The van der Waals surface area contributed by atoms with Gasteiger partial charge in [-0.15, -0.1) is 6.58 Å². The Labute approximate surface area is 194 Å². The summed E-state index contributed by atoms with van der Waals surface area (Å²) >= 11 is 5.43. The zero-order valence-electron chi connectivity index (χ0n) is 17.2. The largest absolute Gasteiger partial charge is 0.457 e. The van der Waals surface area contributed by atoms with Gasteiger partial charge in [0, 0.05) is 24.2 Å². The van der Waals surface area contributed by atoms with Gasteiger partial charge < -0.3 is 4.42 Å². The highest BCUT2D eigenvalue weighted by molar-refractivity contribution is 7.80. The van der Waals surface area contributed by atoms with E-state index < -0.39 is 16.7 Å². The van der Waals surface area contributed by atoms with E-state index in [0.717, 1.165) is 0 Å². The second kappa shape index (κ2) is 9.01. The van der Waals surface area contributed by atoms with Gasteiger partial charge in [0.05, 0.1) is 10.6 Å². The molecular weight excluding hydrogens is 442 g/mol. The number of nitro groups is 1. The average Bonchev–Trinajstić information content (AvgIpc) is 3.29. The lowest BCUT2D eigenvalue weighted by Crippen LogP contribution is -2.56. The van der Waals surface area contributed by atoms with Gasteiger partial charge in [0.25, 0.3) is 17.5 Å². The number of hydrogen-bond donors (Lipinski definition) is 0. The van der Waals surface area contributed by atoms with Crippen LogP contribution in [0.4, 0.5) is 11.4 Å². The minimum absolute atomic E-state index is 0.0602. The SMILES string of the molecule is C=CCN1C(=O)/C(=C\c2ccc(-c3cccc([N+](=O)[O-])c3)o2)C(=O)N(c2ccccc2)C1=S. The summed E-state index contributed by atoms with van der Waals surface area (Å²) in [5.74, 6) is -0.539. The number of carbonyl (C=O) groups is 2. The van der Waals surface area contributed by atoms with Crippen LogP contribution in [0.3, 0.4) is 0 Å². The summed E-state index contributed by atoms with van der Waals surface area (Å²) in [6.07, 6.45) is 2.87. The molecule has 3 aromatic rings. The highest BCUT2D eigenvalue weighted by Crippen LogP contribution is 2.29. The van der Waals surface area contributed by atoms with E-state index in [1.807, 2.05) is 6.07 Å². The third kappa shape index (κ3) is 4.21.